The van der Waals surface area contributed by atoms with Gasteiger partial charge in [-0.25, -0.2) is 0 Å². The summed E-state index contributed by atoms with van der Waals surface area (Å²) in [5, 5.41) is 5.23. The van der Waals surface area contributed by atoms with Crippen molar-refractivity contribution in [2.45, 2.75) is 0 Å². The van der Waals surface area contributed by atoms with Crippen LogP contribution < -0.4 is 5.32 Å². The van der Waals surface area contributed by atoms with Crippen LogP contribution in [-0.2, 0) is 4.79 Å². The van der Waals surface area contributed by atoms with Crippen molar-refractivity contribution < 1.29 is 4.79 Å². The van der Waals surface area contributed by atoms with Gasteiger partial charge in [0.2, 0.25) is 5.91 Å². The lowest BCUT2D eigenvalue weighted by Gasteiger charge is -2.10. The standard InChI is InChI=1S/C16H17N3O/c1-19(2)10-16(20)17-11-7-8-15-13(9-11)12-5-3-4-6-14(12)18-15/h3-9,18H,10H2,1-2H3,(H,17,20). The van der Waals surface area contributed by atoms with Crippen molar-refractivity contribution in [1.82, 2.24) is 9.88 Å². The maximum absolute atomic E-state index is 11.8. The highest BCUT2D eigenvalue weighted by molar-refractivity contribution is 6.09. The Balaban J connectivity index is 1.97. The maximum atomic E-state index is 11.8. The molecule has 0 atom stereocenters. The van der Waals surface area contributed by atoms with Crippen LogP contribution in [0.3, 0.4) is 0 Å². The minimum absolute atomic E-state index is 0.00538. The van der Waals surface area contributed by atoms with Crippen LogP contribution in [-0.4, -0.2) is 36.4 Å². The third kappa shape index (κ3) is 2.38. The molecular formula is C16H17N3O. The van der Waals surface area contributed by atoms with Crippen molar-refractivity contribution in [1.29, 1.82) is 0 Å². The average Bonchev–Trinajstić information content (AvgIpc) is 2.76. The van der Waals surface area contributed by atoms with Crippen LogP contribution in [0, 0.1) is 0 Å². The van der Waals surface area contributed by atoms with Gasteiger partial charge >= 0.3 is 0 Å². The molecule has 3 aromatic rings. The summed E-state index contributed by atoms with van der Waals surface area (Å²) in [6, 6.07) is 14.1. The number of carbonyl (C=O) groups is 1. The summed E-state index contributed by atoms with van der Waals surface area (Å²) >= 11 is 0. The third-order valence-corrected chi connectivity index (χ3v) is 3.25. The van der Waals surface area contributed by atoms with E-state index < -0.39 is 0 Å². The van der Waals surface area contributed by atoms with E-state index in [4.69, 9.17) is 0 Å². The smallest absolute Gasteiger partial charge is 0.238 e. The zero-order chi connectivity index (χ0) is 14.1. The zero-order valence-corrected chi connectivity index (χ0v) is 11.6. The van der Waals surface area contributed by atoms with Gasteiger partial charge in [-0.1, -0.05) is 18.2 Å². The Morgan fingerprint density at radius 2 is 1.85 bits per heavy atom. The monoisotopic (exact) mass is 267 g/mol. The number of hydrogen-bond donors (Lipinski definition) is 2. The predicted octanol–water partition coefficient (Wildman–Crippen LogP) is 2.82. The molecule has 102 valence electrons. The number of hydrogen-bond acceptors (Lipinski definition) is 2. The highest BCUT2D eigenvalue weighted by Gasteiger charge is 2.07. The van der Waals surface area contributed by atoms with E-state index in [0.29, 0.717) is 6.54 Å². The fourth-order valence-corrected chi connectivity index (χ4v) is 2.41. The molecule has 0 saturated heterocycles. The lowest BCUT2D eigenvalue weighted by Crippen LogP contribution is -2.27. The second-order valence-electron chi connectivity index (χ2n) is 5.22. The van der Waals surface area contributed by atoms with Crippen LogP contribution >= 0.6 is 0 Å². The van der Waals surface area contributed by atoms with Gasteiger partial charge < -0.3 is 15.2 Å². The van der Waals surface area contributed by atoms with E-state index in [1.165, 1.54) is 5.39 Å². The molecule has 0 bridgehead atoms. The normalized spacial score (nSPS) is 11.3. The number of H-pyrrole nitrogens is 1. The fraction of sp³-hybridized carbons (Fsp3) is 0.188. The number of nitrogens with zero attached hydrogens (tertiary/aromatic N) is 1. The van der Waals surface area contributed by atoms with E-state index in [1.807, 2.05) is 49.3 Å². The molecule has 0 aliphatic carbocycles. The van der Waals surface area contributed by atoms with Crippen molar-refractivity contribution in [3.05, 3.63) is 42.5 Å². The molecule has 20 heavy (non-hydrogen) atoms. The zero-order valence-electron chi connectivity index (χ0n) is 11.6. The summed E-state index contributed by atoms with van der Waals surface area (Å²) < 4.78 is 0. The molecule has 4 heteroatoms. The first-order chi connectivity index (χ1) is 9.63. The van der Waals surface area contributed by atoms with Gasteiger partial charge in [-0.05, 0) is 38.4 Å². The number of likely N-dealkylation sites (N-methyl/N-ethyl adjacent to an activating group) is 1. The number of nitrogens with one attached hydrogen (secondary N) is 2. The van der Waals surface area contributed by atoms with E-state index in [2.05, 4.69) is 22.4 Å². The summed E-state index contributed by atoms with van der Waals surface area (Å²) in [5.74, 6) is -0.00538. The van der Waals surface area contributed by atoms with Gasteiger partial charge in [0.1, 0.15) is 0 Å². The Bertz CT molecular complexity index is 774. The van der Waals surface area contributed by atoms with Crippen LogP contribution in [0.15, 0.2) is 42.5 Å². The second kappa shape index (κ2) is 4.98. The molecule has 0 unspecified atom stereocenters. The van der Waals surface area contributed by atoms with Crippen molar-refractivity contribution in [2.75, 3.05) is 26.0 Å². The van der Waals surface area contributed by atoms with Gasteiger partial charge in [0, 0.05) is 27.5 Å². The van der Waals surface area contributed by atoms with Crippen LogP contribution in [0.2, 0.25) is 0 Å². The number of aromatic amines is 1. The molecule has 1 heterocycles. The van der Waals surface area contributed by atoms with Gasteiger partial charge in [-0.2, -0.15) is 0 Å². The van der Waals surface area contributed by atoms with E-state index in [0.717, 1.165) is 22.1 Å². The van der Waals surface area contributed by atoms with E-state index in [1.54, 1.807) is 0 Å². The SMILES string of the molecule is CN(C)CC(=O)Nc1ccc2[nH]c3ccccc3c2c1. The molecule has 2 aromatic carbocycles. The first-order valence-electron chi connectivity index (χ1n) is 6.58. The van der Waals surface area contributed by atoms with Crippen molar-refractivity contribution in [2.24, 2.45) is 0 Å². The molecule has 1 aromatic heterocycles. The largest absolute Gasteiger partial charge is 0.355 e. The molecule has 0 aliphatic rings. The minimum atomic E-state index is -0.00538. The molecule has 0 saturated carbocycles. The Kier molecular flexibility index (Phi) is 3.16. The van der Waals surface area contributed by atoms with Crippen molar-refractivity contribution in [3.63, 3.8) is 0 Å². The van der Waals surface area contributed by atoms with Gasteiger partial charge in [0.15, 0.2) is 0 Å². The summed E-state index contributed by atoms with van der Waals surface area (Å²) in [7, 11) is 3.75. The van der Waals surface area contributed by atoms with Gasteiger partial charge in [0.25, 0.3) is 0 Å². The maximum Gasteiger partial charge on any atom is 0.238 e. The second-order valence-corrected chi connectivity index (χ2v) is 5.22. The number of carbonyl (C=O) groups excluding carboxylic acids is 1. The van der Waals surface area contributed by atoms with E-state index >= 15 is 0 Å². The Morgan fingerprint density at radius 3 is 2.65 bits per heavy atom. The summed E-state index contributed by atoms with van der Waals surface area (Å²) in [5.41, 5.74) is 3.02. The quantitative estimate of drug-likeness (QED) is 0.766. The number of para-hydroxylation sites is 1. The lowest BCUT2D eigenvalue weighted by molar-refractivity contribution is -0.116. The number of benzene rings is 2. The first-order valence-corrected chi connectivity index (χ1v) is 6.58. The third-order valence-electron chi connectivity index (χ3n) is 3.25. The Labute approximate surface area is 117 Å². The van der Waals surface area contributed by atoms with Crippen molar-refractivity contribution in [3.8, 4) is 0 Å². The summed E-state index contributed by atoms with van der Waals surface area (Å²) in [6.07, 6.45) is 0. The van der Waals surface area contributed by atoms with Crippen LogP contribution in [0.25, 0.3) is 21.8 Å². The van der Waals surface area contributed by atoms with Gasteiger partial charge in [-0.3, -0.25) is 4.79 Å². The van der Waals surface area contributed by atoms with E-state index in [-0.39, 0.29) is 5.91 Å². The number of fused-ring (bicyclic) bond motifs is 3. The highest BCUT2D eigenvalue weighted by atomic mass is 16.2. The molecule has 3 rings (SSSR count). The highest BCUT2D eigenvalue weighted by Crippen LogP contribution is 2.27. The Morgan fingerprint density at radius 1 is 1.10 bits per heavy atom. The van der Waals surface area contributed by atoms with Gasteiger partial charge in [0.05, 0.1) is 6.54 Å². The summed E-state index contributed by atoms with van der Waals surface area (Å²) in [6.45, 7) is 0.381. The van der Waals surface area contributed by atoms with Crippen LogP contribution in [0.4, 0.5) is 5.69 Å². The lowest BCUT2D eigenvalue weighted by atomic mass is 10.1. The van der Waals surface area contributed by atoms with Crippen LogP contribution in [0.5, 0.6) is 0 Å². The first kappa shape index (κ1) is 12.7. The molecule has 4 nitrogen and oxygen atoms in total. The number of amides is 1. The number of anilines is 1. The molecule has 2 N–H and O–H groups in total. The topological polar surface area (TPSA) is 48.1 Å². The molecule has 0 fully saturated rings. The van der Waals surface area contributed by atoms with Gasteiger partial charge in [-0.15, -0.1) is 0 Å². The fourth-order valence-electron chi connectivity index (χ4n) is 2.41. The molecule has 0 radical (unpaired) electrons. The number of rotatable bonds is 3. The average molecular weight is 267 g/mol. The molecule has 0 aliphatic heterocycles. The Hall–Kier alpha value is -2.33. The summed E-state index contributed by atoms with van der Waals surface area (Å²) in [4.78, 5) is 17.0. The number of aromatic nitrogens is 1. The minimum Gasteiger partial charge on any atom is -0.355 e. The molecule has 0 spiro atoms. The molecular weight excluding hydrogens is 250 g/mol. The van der Waals surface area contributed by atoms with Crippen molar-refractivity contribution >= 4 is 33.4 Å². The molecule has 1 amide bonds. The predicted molar refractivity (Wildman–Crippen MR) is 83.0 cm³/mol. The van der Waals surface area contributed by atoms with Crippen LogP contribution in [0.1, 0.15) is 0 Å². The van der Waals surface area contributed by atoms with E-state index in [9.17, 15) is 4.79 Å².